The standard InChI is InChI=1S/C12H16FNO/c1-8-6-11(15)9(7-10(8)13)2-3-12(14)4-5-12/h6-7,15H,2-5,14H2,1H3. The van der Waals surface area contributed by atoms with Crippen molar-refractivity contribution in [2.75, 3.05) is 0 Å². The van der Waals surface area contributed by atoms with Gasteiger partial charge < -0.3 is 10.8 Å². The summed E-state index contributed by atoms with van der Waals surface area (Å²) in [7, 11) is 0. The Labute approximate surface area is 88.9 Å². The van der Waals surface area contributed by atoms with Gasteiger partial charge >= 0.3 is 0 Å². The highest BCUT2D eigenvalue weighted by Crippen LogP contribution is 2.37. The fourth-order valence-electron chi connectivity index (χ4n) is 1.70. The largest absolute Gasteiger partial charge is 0.508 e. The van der Waals surface area contributed by atoms with E-state index in [1.165, 1.54) is 12.1 Å². The van der Waals surface area contributed by atoms with Gasteiger partial charge in [-0.05, 0) is 55.9 Å². The summed E-state index contributed by atoms with van der Waals surface area (Å²) in [6.45, 7) is 1.64. The molecule has 1 aliphatic carbocycles. The first-order valence-corrected chi connectivity index (χ1v) is 5.27. The molecule has 1 saturated carbocycles. The fraction of sp³-hybridized carbons (Fsp3) is 0.500. The number of aromatic hydroxyl groups is 1. The Morgan fingerprint density at radius 2 is 2.13 bits per heavy atom. The molecule has 2 nitrogen and oxygen atoms in total. The zero-order chi connectivity index (χ0) is 11.1. The van der Waals surface area contributed by atoms with Gasteiger partial charge in [-0.3, -0.25) is 0 Å². The van der Waals surface area contributed by atoms with Crippen LogP contribution in [0.4, 0.5) is 4.39 Å². The van der Waals surface area contributed by atoms with Crippen molar-refractivity contribution in [1.29, 1.82) is 0 Å². The summed E-state index contributed by atoms with van der Waals surface area (Å²) in [6.07, 6.45) is 3.56. The van der Waals surface area contributed by atoms with Crippen molar-refractivity contribution in [2.24, 2.45) is 5.73 Å². The summed E-state index contributed by atoms with van der Waals surface area (Å²) in [5.41, 5.74) is 7.03. The minimum atomic E-state index is -0.260. The predicted octanol–water partition coefficient (Wildman–Crippen LogP) is 2.26. The summed E-state index contributed by atoms with van der Waals surface area (Å²) in [5.74, 6) is -0.0807. The van der Waals surface area contributed by atoms with E-state index in [0.29, 0.717) is 17.5 Å². The lowest BCUT2D eigenvalue weighted by Crippen LogP contribution is -2.22. The number of aryl methyl sites for hydroxylation is 2. The van der Waals surface area contributed by atoms with E-state index in [9.17, 15) is 9.50 Å². The van der Waals surface area contributed by atoms with Gasteiger partial charge in [-0.15, -0.1) is 0 Å². The second-order valence-corrected chi connectivity index (χ2v) is 4.59. The first-order chi connectivity index (χ1) is 7.00. The molecule has 0 unspecified atom stereocenters. The van der Waals surface area contributed by atoms with Gasteiger partial charge in [0.2, 0.25) is 0 Å². The van der Waals surface area contributed by atoms with Crippen LogP contribution in [0, 0.1) is 12.7 Å². The lowest BCUT2D eigenvalue weighted by molar-refractivity contribution is 0.460. The number of benzene rings is 1. The third-order valence-corrected chi connectivity index (χ3v) is 3.14. The van der Waals surface area contributed by atoms with Crippen LogP contribution in [0.25, 0.3) is 0 Å². The number of nitrogens with two attached hydrogens (primary N) is 1. The maximum Gasteiger partial charge on any atom is 0.126 e. The van der Waals surface area contributed by atoms with Crippen molar-refractivity contribution in [2.45, 2.75) is 38.1 Å². The van der Waals surface area contributed by atoms with Crippen molar-refractivity contribution in [1.82, 2.24) is 0 Å². The van der Waals surface area contributed by atoms with Gasteiger partial charge in [0.25, 0.3) is 0 Å². The minimum Gasteiger partial charge on any atom is -0.508 e. The molecule has 3 heteroatoms. The number of hydrogen-bond donors (Lipinski definition) is 2. The summed E-state index contributed by atoms with van der Waals surface area (Å²) in [5, 5.41) is 9.63. The summed E-state index contributed by atoms with van der Waals surface area (Å²) < 4.78 is 13.3. The Kier molecular flexibility index (Phi) is 2.43. The van der Waals surface area contributed by atoms with Gasteiger partial charge in [0.1, 0.15) is 11.6 Å². The molecule has 1 aliphatic rings. The third-order valence-electron chi connectivity index (χ3n) is 3.14. The molecule has 1 fully saturated rings. The summed E-state index contributed by atoms with van der Waals surface area (Å²) in [6, 6.07) is 2.89. The molecule has 0 heterocycles. The maximum atomic E-state index is 13.3. The number of rotatable bonds is 3. The zero-order valence-corrected chi connectivity index (χ0v) is 8.89. The molecule has 0 bridgehead atoms. The number of phenolic OH excluding ortho intramolecular Hbond substituents is 1. The van der Waals surface area contributed by atoms with Crippen molar-refractivity contribution in [3.05, 3.63) is 29.1 Å². The van der Waals surface area contributed by atoms with E-state index in [4.69, 9.17) is 5.73 Å². The minimum absolute atomic E-state index is 0.0478. The molecule has 1 aromatic carbocycles. The van der Waals surface area contributed by atoms with Crippen LogP contribution in [0.2, 0.25) is 0 Å². The molecular formula is C12H16FNO. The normalized spacial score (nSPS) is 17.8. The van der Waals surface area contributed by atoms with Gasteiger partial charge in [-0.2, -0.15) is 0 Å². The van der Waals surface area contributed by atoms with Crippen LogP contribution in [-0.2, 0) is 6.42 Å². The highest BCUT2D eigenvalue weighted by Gasteiger charge is 2.37. The van der Waals surface area contributed by atoms with E-state index < -0.39 is 0 Å². The van der Waals surface area contributed by atoms with E-state index >= 15 is 0 Å². The molecule has 0 radical (unpaired) electrons. The summed E-state index contributed by atoms with van der Waals surface area (Å²) in [4.78, 5) is 0. The first-order valence-electron chi connectivity index (χ1n) is 5.27. The Morgan fingerprint density at radius 1 is 1.47 bits per heavy atom. The lowest BCUT2D eigenvalue weighted by Gasteiger charge is -2.10. The highest BCUT2D eigenvalue weighted by molar-refractivity contribution is 5.37. The monoisotopic (exact) mass is 209 g/mol. The van der Waals surface area contributed by atoms with E-state index in [1.54, 1.807) is 6.92 Å². The Morgan fingerprint density at radius 3 is 2.73 bits per heavy atom. The van der Waals surface area contributed by atoms with Crippen LogP contribution in [-0.4, -0.2) is 10.6 Å². The molecule has 82 valence electrons. The molecule has 1 aromatic rings. The molecule has 15 heavy (non-hydrogen) atoms. The molecule has 2 rings (SSSR count). The number of hydrogen-bond acceptors (Lipinski definition) is 2. The molecule has 0 saturated heterocycles. The topological polar surface area (TPSA) is 46.2 Å². The smallest absolute Gasteiger partial charge is 0.126 e. The van der Waals surface area contributed by atoms with Crippen LogP contribution in [0.1, 0.15) is 30.4 Å². The van der Waals surface area contributed by atoms with Crippen LogP contribution in [0.5, 0.6) is 5.75 Å². The molecule has 0 amide bonds. The third kappa shape index (κ3) is 2.29. The molecule has 3 N–H and O–H groups in total. The molecule has 0 aromatic heterocycles. The first kappa shape index (κ1) is 10.4. The second kappa shape index (κ2) is 3.49. The van der Waals surface area contributed by atoms with Crippen LogP contribution >= 0.6 is 0 Å². The van der Waals surface area contributed by atoms with Gasteiger partial charge in [0, 0.05) is 5.54 Å². The highest BCUT2D eigenvalue weighted by atomic mass is 19.1. The molecule has 0 atom stereocenters. The lowest BCUT2D eigenvalue weighted by atomic mass is 10.0. The van der Waals surface area contributed by atoms with E-state index in [1.807, 2.05) is 0 Å². The second-order valence-electron chi connectivity index (χ2n) is 4.59. The Balaban J connectivity index is 2.10. The van der Waals surface area contributed by atoms with E-state index in [-0.39, 0.29) is 17.1 Å². The van der Waals surface area contributed by atoms with E-state index in [2.05, 4.69) is 0 Å². The summed E-state index contributed by atoms with van der Waals surface area (Å²) >= 11 is 0. The maximum absolute atomic E-state index is 13.3. The van der Waals surface area contributed by atoms with Gasteiger partial charge in [0.15, 0.2) is 0 Å². The molecular weight excluding hydrogens is 193 g/mol. The van der Waals surface area contributed by atoms with E-state index in [0.717, 1.165) is 19.3 Å². The van der Waals surface area contributed by atoms with Crippen molar-refractivity contribution >= 4 is 0 Å². The predicted molar refractivity (Wildman–Crippen MR) is 57.3 cm³/mol. The van der Waals surface area contributed by atoms with Gasteiger partial charge in [0.05, 0.1) is 0 Å². The van der Waals surface area contributed by atoms with Crippen molar-refractivity contribution in [3.8, 4) is 5.75 Å². The van der Waals surface area contributed by atoms with Gasteiger partial charge in [-0.1, -0.05) is 0 Å². The Hall–Kier alpha value is -1.09. The molecule has 0 aliphatic heterocycles. The van der Waals surface area contributed by atoms with Gasteiger partial charge in [-0.25, -0.2) is 4.39 Å². The quantitative estimate of drug-likeness (QED) is 0.802. The average molecular weight is 209 g/mol. The average Bonchev–Trinajstić information content (AvgIpc) is 2.89. The van der Waals surface area contributed by atoms with Crippen molar-refractivity contribution in [3.63, 3.8) is 0 Å². The number of phenols is 1. The van der Waals surface area contributed by atoms with Crippen LogP contribution in [0.3, 0.4) is 0 Å². The van der Waals surface area contributed by atoms with Crippen molar-refractivity contribution < 1.29 is 9.50 Å². The SMILES string of the molecule is Cc1cc(O)c(CCC2(N)CC2)cc1F. The molecule has 0 spiro atoms. The zero-order valence-electron chi connectivity index (χ0n) is 8.89. The van der Waals surface area contributed by atoms with Crippen LogP contribution < -0.4 is 5.73 Å². The fourth-order valence-corrected chi connectivity index (χ4v) is 1.70. The number of halogens is 1. The van der Waals surface area contributed by atoms with Crippen LogP contribution in [0.15, 0.2) is 12.1 Å². The Bertz CT molecular complexity index is 385.